The first kappa shape index (κ1) is 18.1. The Labute approximate surface area is 148 Å². The number of benzene rings is 2. The quantitative estimate of drug-likeness (QED) is 0.822. The molecule has 5 nitrogen and oxygen atoms in total. The Kier molecular flexibility index (Phi) is 5.27. The smallest absolute Gasteiger partial charge is 0.183 e. The molecule has 0 saturated carbocycles. The van der Waals surface area contributed by atoms with Gasteiger partial charge in [-0.05, 0) is 30.7 Å². The van der Waals surface area contributed by atoms with E-state index in [1.165, 1.54) is 12.1 Å². The van der Waals surface area contributed by atoms with Crippen LogP contribution in [-0.4, -0.2) is 46.2 Å². The van der Waals surface area contributed by atoms with E-state index in [1.54, 1.807) is 18.2 Å². The molecule has 1 heterocycles. The lowest BCUT2D eigenvalue weighted by molar-refractivity contribution is 0.528. The van der Waals surface area contributed by atoms with Gasteiger partial charge in [-0.3, -0.25) is 0 Å². The van der Waals surface area contributed by atoms with Crippen LogP contribution < -0.4 is 5.32 Å². The van der Waals surface area contributed by atoms with Crippen molar-refractivity contribution in [1.82, 2.24) is 5.32 Å². The second-order valence-electron chi connectivity index (χ2n) is 6.27. The standard InChI is InChI=1S/C18H21NO4S2/c20-24(21)13-17(19-12-11-15-7-3-1-4-8-15)18(14-24)25(22,23)16-9-5-2-6-10-16/h1-10,17-19H,11-14H2. The van der Waals surface area contributed by atoms with Crippen molar-refractivity contribution >= 4 is 19.7 Å². The summed E-state index contributed by atoms with van der Waals surface area (Å²) < 4.78 is 49.8. The van der Waals surface area contributed by atoms with E-state index in [1.807, 2.05) is 30.3 Å². The summed E-state index contributed by atoms with van der Waals surface area (Å²) in [6.45, 7) is 0.533. The van der Waals surface area contributed by atoms with Gasteiger partial charge in [-0.1, -0.05) is 48.5 Å². The average molecular weight is 380 g/mol. The molecule has 1 aliphatic heterocycles. The maximum absolute atomic E-state index is 12.9. The van der Waals surface area contributed by atoms with Gasteiger partial charge >= 0.3 is 0 Å². The van der Waals surface area contributed by atoms with E-state index in [0.29, 0.717) is 6.54 Å². The predicted octanol–water partition coefficient (Wildman–Crippen LogP) is 1.46. The summed E-state index contributed by atoms with van der Waals surface area (Å²) >= 11 is 0. The van der Waals surface area contributed by atoms with Crippen LogP contribution in [0.25, 0.3) is 0 Å². The van der Waals surface area contributed by atoms with Crippen LogP contribution in [0.4, 0.5) is 0 Å². The molecule has 1 aliphatic rings. The molecule has 1 N–H and O–H groups in total. The minimum Gasteiger partial charge on any atom is -0.311 e. The van der Waals surface area contributed by atoms with Crippen LogP contribution in [0.2, 0.25) is 0 Å². The van der Waals surface area contributed by atoms with E-state index in [0.717, 1.165) is 12.0 Å². The molecule has 134 valence electrons. The Balaban J connectivity index is 1.75. The maximum Gasteiger partial charge on any atom is 0.183 e. The summed E-state index contributed by atoms with van der Waals surface area (Å²) in [5, 5.41) is 2.20. The molecule has 25 heavy (non-hydrogen) atoms. The lowest BCUT2D eigenvalue weighted by Gasteiger charge is -2.20. The minimum atomic E-state index is -3.70. The highest BCUT2D eigenvalue weighted by molar-refractivity contribution is 7.96. The molecule has 2 unspecified atom stereocenters. The van der Waals surface area contributed by atoms with Crippen LogP contribution in [0.5, 0.6) is 0 Å². The first-order valence-corrected chi connectivity index (χ1v) is 11.5. The SMILES string of the molecule is O=S1(=O)CC(NCCc2ccccc2)C(S(=O)(=O)c2ccccc2)C1. The number of hydrogen-bond donors (Lipinski definition) is 1. The molecule has 0 spiro atoms. The third-order valence-electron chi connectivity index (χ3n) is 4.43. The monoisotopic (exact) mass is 379 g/mol. The molecule has 1 saturated heterocycles. The zero-order chi connectivity index (χ0) is 17.9. The van der Waals surface area contributed by atoms with Gasteiger partial charge < -0.3 is 5.32 Å². The lowest BCUT2D eigenvalue weighted by Crippen LogP contribution is -2.44. The number of nitrogens with one attached hydrogen (secondary N) is 1. The normalized spacial score (nSPS) is 22.7. The topological polar surface area (TPSA) is 80.3 Å². The van der Waals surface area contributed by atoms with Crippen molar-refractivity contribution in [2.45, 2.75) is 22.6 Å². The van der Waals surface area contributed by atoms with Gasteiger partial charge in [0.15, 0.2) is 19.7 Å². The Morgan fingerprint density at radius 3 is 2.16 bits per heavy atom. The summed E-state index contributed by atoms with van der Waals surface area (Å²) in [6, 6.07) is 17.3. The molecule has 0 amide bonds. The minimum absolute atomic E-state index is 0.140. The van der Waals surface area contributed by atoms with Crippen LogP contribution in [0.3, 0.4) is 0 Å². The number of rotatable bonds is 6. The molecule has 2 atom stereocenters. The molecule has 1 fully saturated rings. The highest BCUT2D eigenvalue weighted by atomic mass is 32.2. The van der Waals surface area contributed by atoms with Crippen LogP contribution in [0.15, 0.2) is 65.6 Å². The zero-order valence-electron chi connectivity index (χ0n) is 13.7. The molecule has 3 rings (SSSR count). The van der Waals surface area contributed by atoms with Crippen LogP contribution in [-0.2, 0) is 26.1 Å². The Morgan fingerprint density at radius 2 is 1.52 bits per heavy atom. The Bertz CT molecular complexity index is 910. The summed E-state index contributed by atoms with van der Waals surface area (Å²) in [5.41, 5.74) is 1.12. The van der Waals surface area contributed by atoms with E-state index in [9.17, 15) is 16.8 Å². The summed E-state index contributed by atoms with van der Waals surface area (Å²) in [4.78, 5) is 0.173. The van der Waals surface area contributed by atoms with Crippen molar-refractivity contribution in [3.8, 4) is 0 Å². The number of hydrogen-bond acceptors (Lipinski definition) is 5. The highest BCUT2D eigenvalue weighted by Crippen LogP contribution is 2.25. The van der Waals surface area contributed by atoms with E-state index in [4.69, 9.17) is 0 Å². The maximum atomic E-state index is 12.9. The molecule has 0 bridgehead atoms. The van der Waals surface area contributed by atoms with E-state index in [2.05, 4.69) is 5.32 Å². The fraction of sp³-hybridized carbons (Fsp3) is 0.333. The average Bonchev–Trinajstić information content (AvgIpc) is 2.92. The molecule has 2 aromatic rings. The van der Waals surface area contributed by atoms with Crippen molar-refractivity contribution in [1.29, 1.82) is 0 Å². The van der Waals surface area contributed by atoms with E-state index >= 15 is 0 Å². The molecule has 7 heteroatoms. The molecule has 0 aliphatic carbocycles. The van der Waals surface area contributed by atoms with Gasteiger partial charge in [0.05, 0.1) is 21.7 Å². The zero-order valence-corrected chi connectivity index (χ0v) is 15.3. The first-order valence-electron chi connectivity index (χ1n) is 8.15. The molecule has 0 aromatic heterocycles. The van der Waals surface area contributed by atoms with Gasteiger partial charge in [-0.2, -0.15) is 0 Å². The summed E-state index contributed by atoms with van der Waals surface area (Å²) in [6.07, 6.45) is 0.718. The summed E-state index contributed by atoms with van der Waals surface area (Å²) in [7, 11) is -7.07. The van der Waals surface area contributed by atoms with Crippen molar-refractivity contribution < 1.29 is 16.8 Å². The van der Waals surface area contributed by atoms with Gasteiger partial charge in [0.2, 0.25) is 0 Å². The van der Waals surface area contributed by atoms with Crippen LogP contribution in [0, 0.1) is 0 Å². The van der Waals surface area contributed by atoms with E-state index in [-0.39, 0.29) is 16.4 Å². The third-order valence-corrected chi connectivity index (χ3v) is 8.60. The van der Waals surface area contributed by atoms with Gasteiger partial charge in [0.1, 0.15) is 0 Å². The van der Waals surface area contributed by atoms with Crippen LogP contribution in [0.1, 0.15) is 5.56 Å². The number of sulfone groups is 2. The molecular weight excluding hydrogens is 358 g/mol. The highest BCUT2D eigenvalue weighted by Gasteiger charge is 2.45. The van der Waals surface area contributed by atoms with Gasteiger partial charge in [-0.15, -0.1) is 0 Å². The predicted molar refractivity (Wildman–Crippen MR) is 98.0 cm³/mol. The first-order chi connectivity index (χ1) is 11.9. The Hall–Kier alpha value is -1.70. The molecule has 0 radical (unpaired) electrons. The second kappa shape index (κ2) is 7.27. The van der Waals surface area contributed by atoms with Gasteiger partial charge in [0.25, 0.3) is 0 Å². The van der Waals surface area contributed by atoms with Crippen molar-refractivity contribution in [3.05, 3.63) is 66.2 Å². The largest absolute Gasteiger partial charge is 0.311 e. The van der Waals surface area contributed by atoms with Crippen molar-refractivity contribution in [3.63, 3.8) is 0 Å². The fourth-order valence-corrected chi connectivity index (χ4v) is 7.88. The van der Waals surface area contributed by atoms with Gasteiger partial charge in [-0.25, -0.2) is 16.8 Å². The van der Waals surface area contributed by atoms with Crippen LogP contribution >= 0.6 is 0 Å². The van der Waals surface area contributed by atoms with Crippen molar-refractivity contribution in [2.24, 2.45) is 0 Å². The lowest BCUT2D eigenvalue weighted by atomic mass is 10.1. The van der Waals surface area contributed by atoms with Crippen molar-refractivity contribution in [2.75, 3.05) is 18.1 Å². The van der Waals surface area contributed by atoms with E-state index < -0.39 is 31.0 Å². The molecular formula is C18H21NO4S2. The fourth-order valence-electron chi connectivity index (χ4n) is 3.14. The third kappa shape index (κ3) is 4.29. The van der Waals surface area contributed by atoms with Gasteiger partial charge in [0, 0.05) is 6.04 Å². The Morgan fingerprint density at radius 1 is 0.920 bits per heavy atom. The molecule has 2 aromatic carbocycles. The second-order valence-corrected chi connectivity index (χ2v) is 10.6. The summed E-state index contributed by atoms with van der Waals surface area (Å²) in [5.74, 6) is -0.467.